The van der Waals surface area contributed by atoms with Gasteiger partial charge in [0, 0.05) is 19.4 Å². The highest BCUT2D eigenvalue weighted by Gasteiger charge is 2.11. The van der Waals surface area contributed by atoms with Crippen LogP contribution in [0.15, 0.2) is 23.7 Å². The third-order valence-electron chi connectivity index (χ3n) is 1.90. The topological polar surface area (TPSA) is 109 Å². The molecule has 86 valence electrons. The van der Waals surface area contributed by atoms with Crippen LogP contribution in [-0.4, -0.2) is 33.0 Å². The van der Waals surface area contributed by atoms with E-state index in [4.69, 9.17) is 5.14 Å². The van der Waals surface area contributed by atoms with E-state index in [0.29, 0.717) is 12.2 Å². The second kappa shape index (κ2) is 3.68. The Morgan fingerprint density at radius 1 is 1.44 bits per heavy atom. The summed E-state index contributed by atoms with van der Waals surface area (Å²) in [6.07, 6.45) is 4.47. The molecule has 0 spiro atoms. The van der Waals surface area contributed by atoms with Crippen LogP contribution in [0.3, 0.4) is 0 Å². The SMILES string of the molecule is Cn1cc(Cn2cnc(S(N)(=O)=O)c2)nn1. The van der Waals surface area contributed by atoms with Gasteiger partial charge in [-0.15, -0.1) is 5.10 Å². The fourth-order valence-electron chi connectivity index (χ4n) is 1.23. The molecule has 0 amide bonds. The molecule has 0 saturated heterocycles. The molecule has 8 nitrogen and oxygen atoms in total. The summed E-state index contributed by atoms with van der Waals surface area (Å²) >= 11 is 0. The summed E-state index contributed by atoms with van der Waals surface area (Å²) in [6, 6.07) is 0. The fourth-order valence-corrected chi connectivity index (χ4v) is 1.70. The van der Waals surface area contributed by atoms with Crippen LogP contribution in [0.2, 0.25) is 0 Å². The zero-order valence-electron chi connectivity index (χ0n) is 8.48. The van der Waals surface area contributed by atoms with Crippen molar-refractivity contribution in [2.75, 3.05) is 0 Å². The summed E-state index contributed by atoms with van der Waals surface area (Å²) in [5.74, 6) is 0. The maximum absolute atomic E-state index is 11.0. The summed E-state index contributed by atoms with van der Waals surface area (Å²) in [7, 11) is -1.99. The third kappa shape index (κ3) is 2.25. The lowest BCUT2D eigenvalue weighted by molar-refractivity contribution is 0.594. The quantitative estimate of drug-likeness (QED) is 0.720. The Labute approximate surface area is 91.8 Å². The predicted molar refractivity (Wildman–Crippen MR) is 53.7 cm³/mol. The van der Waals surface area contributed by atoms with Crippen molar-refractivity contribution in [3.8, 4) is 0 Å². The monoisotopic (exact) mass is 242 g/mol. The Bertz CT molecular complexity index is 598. The number of hydrogen-bond acceptors (Lipinski definition) is 5. The van der Waals surface area contributed by atoms with Gasteiger partial charge in [-0.1, -0.05) is 5.21 Å². The number of nitrogens with zero attached hydrogens (tertiary/aromatic N) is 5. The van der Waals surface area contributed by atoms with Crippen LogP contribution < -0.4 is 5.14 Å². The van der Waals surface area contributed by atoms with Crippen LogP contribution in [0.25, 0.3) is 0 Å². The lowest BCUT2D eigenvalue weighted by atomic mass is 10.5. The molecule has 2 rings (SSSR count). The van der Waals surface area contributed by atoms with Gasteiger partial charge in [-0.05, 0) is 0 Å². The summed E-state index contributed by atoms with van der Waals surface area (Å²) in [6.45, 7) is 0.399. The minimum absolute atomic E-state index is 0.156. The molecule has 9 heteroatoms. The van der Waals surface area contributed by atoms with E-state index < -0.39 is 10.0 Å². The van der Waals surface area contributed by atoms with Gasteiger partial charge in [0.2, 0.25) is 0 Å². The first-order chi connectivity index (χ1) is 7.45. The van der Waals surface area contributed by atoms with E-state index in [1.54, 1.807) is 22.5 Å². The first kappa shape index (κ1) is 10.8. The lowest BCUT2D eigenvalue weighted by Gasteiger charge is -1.95. The molecule has 2 heterocycles. The molecule has 0 saturated carbocycles. The number of aryl methyl sites for hydroxylation is 1. The summed E-state index contributed by atoms with van der Waals surface area (Å²) in [5, 5.41) is 12.4. The molecule has 0 unspecified atom stereocenters. The van der Waals surface area contributed by atoms with E-state index >= 15 is 0 Å². The number of imidazole rings is 1. The highest BCUT2D eigenvalue weighted by Crippen LogP contribution is 2.04. The second-order valence-electron chi connectivity index (χ2n) is 3.31. The fraction of sp³-hybridized carbons (Fsp3) is 0.286. The van der Waals surface area contributed by atoms with Crippen molar-refractivity contribution < 1.29 is 8.42 Å². The van der Waals surface area contributed by atoms with Gasteiger partial charge in [0.05, 0.1) is 12.9 Å². The van der Waals surface area contributed by atoms with E-state index in [1.807, 2.05) is 0 Å². The van der Waals surface area contributed by atoms with Gasteiger partial charge in [0.1, 0.15) is 5.69 Å². The minimum atomic E-state index is -3.74. The Hall–Kier alpha value is -1.74. The molecule has 0 aromatic carbocycles. The number of aromatic nitrogens is 5. The van der Waals surface area contributed by atoms with Crippen molar-refractivity contribution in [2.24, 2.45) is 12.2 Å². The zero-order valence-corrected chi connectivity index (χ0v) is 9.29. The highest BCUT2D eigenvalue weighted by molar-refractivity contribution is 7.89. The van der Waals surface area contributed by atoms with Crippen molar-refractivity contribution in [1.82, 2.24) is 24.5 Å². The Morgan fingerprint density at radius 3 is 2.69 bits per heavy atom. The Kier molecular flexibility index (Phi) is 2.48. The van der Waals surface area contributed by atoms with Gasteiger partial charge in [-0.2, -0.15) is 0 Å². The maximum atomic E-state index is 11.0. The Balaban J connectivity index is 2.21. The molecule has 0 fully saturated rings. The smallest absolute Gasteiger partial charge is 0.257 e. The van der Waals surface area contributed by atoms with E-state index in [9.17, 15) is 8.42 Å². The standard InChI is InChI=1S/C7H10N6O2S/c1-12-2-6(10-11-12)3-13-4-7(9-5-13)16(8,14)15/h2,4-5H,3H2,1H3,(H2,8,14,15). The number of rotatable bonds is 3. The van der Waals surface area contributed by atoms with Crippen LogP contribution in [0, 0.1) is 0 Å². The molecule has 0 bridgehead atoms. The first-order valence-corrected chi connectivity index (χ1v) is 5.89. The molecular weight excluding hydrogens is 232 g/mol. The molecule has 2 aromatic heterocycles. The van der Waals surface area contributed by atoms with Crippen LogP contribution in [-0.2, 0) is 23.6 Å². The average Bonchev–Trinajstić information content (AvgIpc) is 2.74. The number of hydrogen-bond donors (Lipinski definition) is 1. The molecule has 0 radical (unpaired) electrons. The highest BCUT2D eigenvalue weighted by atomic mass is 32.2. The van der Waals surface area contributed by atoms with E-state index in [1.165, 1.54) is 12.5 Å². The number of sulfonamides is 1. The Morgan fingerprint density at radius 2 is 2.19 bits per heavy atom. The number of nitrogens with two attached hydrogens (primary N) is 1. The molecule has 0 atom stereocenters. The lowest BCUT2D eigenvalue weighted by Crippen LogP contribution is -2.12. The van der Waals surface area contributed by atoms with E-state index in [-0.39, 0.29) is 5.03 Å². The van der Waals surface area contributed by atoms with Crippen molar-refractivity contribution >= 4 is 10.0 Å². The second-order valence-corrected chi connectivity index (χ2v) is 4.82. The van der Waals surface area contributed by atoms with Crippen molar-refractivity contribution in [3.05, 3.63) is 24.4 Å². The van der Waals surface area contributed by atoms with Crippen LogP contribution >= 0.6 is 0 Å². The minimum Gasteiger partial charge on any atom is -0.330 e. The van der Waals surface area contributed by atoms with Gasteiger partial charge in [0.15, 0.2) is 5.03 Å². The van der Waals surface area contributed by atoms with Crippen molar-refractivity contribution in [2.45, 2.75) is 11.6 Å². The first-order valence-electron chi connectivity index (χ1n) is 4.35. The summed E-state index contributed by atoms with van der Waals surface area (Å²) in [5.41, 5.74) is 0.709. The third-order valence-corrected chi connectivity index (χ3v) is 2.69. The largest absolute Gasteiger partial charge is 0.330 e. The van der Waals surface area contributed by atoms with Crippen LogP contribution in [0.4, 0.5) is 0 Å². The maximum Gasteiger partial charge on any atom is 0.257 e. The van der Waals surface area contributed by atoms with Gasteiger partial charge in [-0.25, -0.2) is 18.5 Å². The van der Waals surface area contributed by atoms with Gasteiger partial charge in [-0.3, -0.25) is 4.68 Å². The van der Waals surface area contributed by atoms with Gasteiger partial charge >= 0.3 is 0 Å². The van der Waals surface area contributed by atoms with Crippen LogP contribution in [0.5, 0.6) is 0 Å². The summed E-state index contributed by atoms with van der Waals surface area (Å²) in [4.78, 5) is 3.69. The molecular formula is C7H10N6O2S. The molecule has 2 N–H and O–H groups in total. The molecule has 0 aliphatic carbocycles. The summed E-state index contributed by atoms with van der Waals surface area (Å²) < 4.78 is 25.1. The van der Waals surface area contributed by atoms with Gasteiger partial charge in [0.25, 0.3) is 10.0 Å². The average molecular weight is 242 g/mol. The molecule has 0 aliphatic rings. The molecule has 16 heavy (non-hydrogen) atoms. The van der Waals surface area contributed by atoms with E-state index in [2.05, 4.69) is 15.3 Å². The van der Waals surface area contributed by atoms with Crippen molar-refractivity contribution in [3.63, 3.8) is 0 Å². The van der Waals surface area contributed by atoms with Crippen molar-refractivity contribution in [1.29, 1.82) is 0 Å². The predicted octanol–water partition coefficient (Wildman–Crippen LogP) is -1.29. The zero-order chi connectivity index (χ0) is 11.8. The molecule has 2 aromatic rings. The van der Waals surface area contributed by atoms with Gasteiger partial charge < -0.3 is 4.57 Å². The number of primary sulfonamides is 1. The van der Waals surface area contributed by atoms with Crippen LogP contribution in [0.1, 0.15) is 5.69 Å². The van der Waals surface area contributed by atoms with E-state index in [0.717, 1.165) is 0 Å². The normalized spacial score (nSPS) is 11.9. The molecule has 0 aliphatic heterocycles.